The fraction of sp³-hybridized carbons (Fsp3) is 0.368. The van der Waals surface area contributed by atoms with E-state index in [2.05, 4.69) is 20.3 Å². The van der Waals surface area contributed by atoms with Gasteiger partial charge in [0.2, 0.25) is 0 Å². The van der Waals surface area contributed by atoms with E-state index in [0.717, 1.165) is 18.5 Å². The highest BCUT2D eigenvalue weighted by atomic mass is 32.2. The van der Waals surface area contributed by atoms with Crippen molar-refractivity contribution in [2.45, 2.75) is 23.6 Å². The van der Waals surface area contributed by atoms with E-state index in [0.29, 0.717) is 13.0 Å². The Bertz CT molecular complexity index is 1100. The molecule has 1 aliphatic heterocycles. The van der Waals surface area contributed by atoms with Crippen LogP contribution in [0, 0.1) is 17.6 Å². The third kappa shape index (κ3) is 3.37. The number of benzene rings is 1. The molecule has 2 aromatic rings. The normalized spacial score (nSPS) is 27.2. The van der Waals surface area contributed by atoms with Gasteiger partial charge in [0.1, 0.15) is 5.69 Å². The molecule has 11 heteroatoms. The minimum Gasteiger partial charge on any atom is -0.383 e. The average molecular weight is 435 g/mol. The number of thioether (sulfide) groups is 1. The van der Waals surface area contributed by atoms with Crippen molar-refractivity contribution < 1.29 is 18.3 Å². The van der Waals surface area contributed by atoms with Gasteiger partial charge in [-0.2, -0.15) is 0 Å². The van der Waals surface area contributed by atoms with Crippen molar-refractivity contribution in [3.05, 3.63) is 57.8 Å². The Morgan fingerprint density at radius 1 is 1.47 bits per heavy atom. The number of anilines is 1. The van der Waals surface area contributed by atoms with Crippen LogP contribution in [0.3, 0.4) is 0 Å². The van der Waals surface area contributed by atoms with Crippen LogP contribution in [-0.4, -0.2) is 39.5 Å². The van der Waals surface area contributed by atoms with Crippen molar-refractivity contribution in [1.29, 1.82) is 0 Å². The van der Waals surface area contributed by atoms with Crippen molar-refractivity contribution >= 4 is 28.5 Å². The highest BCUT2D eigenvalue weighted by Crippen LogP contribution is 2.66. The summed E-state index contributed by atoms with van der Waals surface area (Å²) in [4.78, 5) is 34.0. The molecule has 1 aliphatic carbocycles. The van der Waals surface area contributed by atoms with Gasteiger partial charge in [0.25, 0.3) is 11.5 Å². The molecule has 1 fully saturated rings. The highest BCUT2D eigenvalue weighted by Gasteiger charge is 2.66. The maximum absolute atomic E-state index is 14.9. The molecule has 2 aliphatic rings. The summed E-state index contributed by atoms with van der Waals surface area (Å²) < 4.78 is 34.3. The number of aliphatic imine (C=N–C) groups is 1. The van der Waals surface area contributed by atoms with Crippen LogP contribution >= 0.6 is 11.8 Å². The van der Waals surface area contributed by atoms with Crippen LogP contribution in [0.25, 0.3) is 0 Å². The Morgan fingerprint density at radius 2 is 2.23 bits per heavy atom. The molecular weight excluding hydrogens is 416 g/mol. The molecule has 0 radical (unpaired) electrons. The van der Waals surface area contributed by atoms with E-state index in [1.165, 1.54) is 17.8 Å². The first-order valence-corrected chi connectivity index (χ1v) is 9.89. The van der Waals surface area contributed by atoms with Crippen LogP contribution in [0.4, 0.5) is 14.5 Å². The van der Waals surface area contributed by atoms with Crippen molar-refractivity contribution in [2.24, 2.45) is 16.6 Å². The number of carbonyl (C=O) groups excluding carboxylic acids is 1. The van der Waals surface area contributed by atoms with Gasteiger partial charge in [-0.05, 0) is 19.4 Å². The van der Waals surface area contributed by atoms with Crippen molar-refractivity contribution in [2.75, 3.05) is 19.0 Å². The number of hydrogen-bond donors (Lipinski definition) is 3. The number of H-pyrrole nitrogens is 1. The number of fused-ring (bicyclic) bond motifs is 1. The average Bonchev–Trinajstić information content (AvgIpc) is 3.40. The lowest BCUT2D eigenvalue weighted by atomic mass is 9.85. The zero-order valence-corrected chi connectivity index (χ0v) is 17.0. The summed E-state index contributed by atoms with van der Waals surface area (Å²) in [5.74, 6) is -2.96. The molecule has 0 saturated heterocycles. The Balaban J connectivity index is 1.70. The maximum Gasteiger partial charge on any atom is 0.275 e. The van der Waals surface area contributed by atoms with Gasteiger partial charge >= 0.3 is 0 Å². The standard InChI is InChI=1S/C19H19F2N5O3S/c1-18(13-5-19(13,8-29-2)30-17(22)26-18)10-3-9(4-11(20)15(10)21)25-16(28)12-6-24-14(27)7-23-12/h3-4,6-7,13H,5,8H2,1-2H3,(H2,22,26)(H,24,27)(H,25,28)/t13-,18-,19+/m0/s1. The first kappa shape index (κ1) is 20.5. The zero-order valence-electron chi connectivity index (χ0n) is 16.2. The Labute approximate surface area is 174 Å². The van der Waals surface area contributed by atoms with Crippen LogP contribution in [0.15, 0.2) is 34.3 Å². The number of nitrogens with two attached hydrogens (primary N) is 1. The van der Waals surface area contributed by atoms with Crippen LogP contribution in [0.2, 0.25) is 0 Å². The van der Waals surface area contributed by atoms with E-state index in [4.69, 9.17) is 10.5 Å². The van der Waals surface area contributed by atoms with E-state index in [1.54, 1.807) is 14.0 Å². The first-order chi connectivity index (χ1) is 14.2. The van der Waals surface area contributed by atoms with E-state index < -0.39 is 28.6 Å². The number of nitrogens with zero attached hydrogens (tertiary/aromatic N) is 2. The smallest absolute Gasteiger partial charge is 0.275 e. The Kier molecular flexibility index (Phi) is 4.89. The number of methoxy groups -OCH3 is 1. The van der Waals surface area contributed by atoms with Gasteiger partial charge in [0.15, 0.2) is 16.8 Å². The number of nitrogens with one attached hydrogen (secondary N) is 2. The second-order valence-corrected chi connectivity index (χ2v) is 8.96. The highest BCUT2D eigenvalue weighted by molar-refractivity contribution is 8.15. The minimum atomic E-state index is -1.12. The van der Waals surface area contributed by atoms with E-state index >= 15 is 0 Å². The van der Waals surface area contributed by atoms with Crippen LogP contribution in [-0.2, 0) is 10.3 Å². The van der Waals surface area contributed by atoms with Gasteiger partial charge in [0, 0.05) is 36.5 Å². The summed E-state index contributed by atoms with van der Waals surface area (Å²) in [7, 11) is 1.57. The fourth-order valence-corrected chi connectivity index (χ4v) is 5.47. The summed E-state index contributed by atoms with van der Waals surface area (Å²) in [6.45, 7) is 2.11. The Morgan fingerprint density at radius 3 is 2.90 bits per heavy atom. The number of halogens is 2. The molecule has 4 rings (SSSR count). The third-order valence-electron chi connectivity index (χ3n) is 5.48. The lowest BCUT2D eigenvalue weighted by Gasteiger charge is -2.34. The van der Waals surface area contributed by atoms with Crippen molar-refractivity contribution in [3.8, 4) is 0 Å². The predicted molar refractivity (Wildman–Crippen MR) is 108 cm³/mol. The molecule has 1 aromatic carbocycles. The lowest BCUT2D eigenvalue weighted by Crippen LogP contribution is -2.38. The molecule has 30 heavy (non-hydrogen) atoms. The fourth-order valence-electron chi connectivity index (χ4n) is 4.02. The van der Waals surface area contributed by atoms with Gasteiger partial charge in [0.05, 0.1) is 23.1 Å². The molecule has 8 nitrogen and oxygen atoms in total. The number of carbonyl (C=O) groups is 1. The second-order valence-electron chi connectivity index (χ2n) is 7.52. The topological polar surface area (TPSA) is 122 Å². The number of rotatable bonds is 5. The van der Waals surface area contributed by atoms with Gasteiger partial charge in [-0.25, -0.2) is 13.8 Å². The molecule has 0 bridgehead atoms. The zero-order chi connectivity index (χ0) is 21.7. The summed E-state index contributed by atoms with van der Waals surface area (Å²) in [6, 6.07) is 2.23. The minimum absolute atomic E-state index is 0.00143. The van der Waals surface area contributed by atoms with Gasteiger partial charge in [-0.3, -0.25) is 14.6 Å². The van der Waals surface area contributed by atoms with E-state index in [-0.39, 0.29) is 32.8 Å². The maximum atomic E-state index is 14.9. The number of aromatic amines is 1. The van der Waals surface area contributed by atoms with E-state index in [1.807, 2.05) is 0 Å². The number of amidine groups is 1. The van der Waals surface area contributed by atoms with Crippen molar-refractivity contribution in [3.63, 3.8) is 0 Å². The molecule has 0 spiro atoms. The number of ether oxygens (including phenoxy) is 1. The number of amides is 1. The number of aromatic nitrogens is 2. The molecule has 1 saturated carbocycles. The molecular formula is C19H19F2N5O3S. The largest absolute Gasteiger partial charge is 0.383 e. The Hall–Kier alpha value is -2.79. The quantitative estimate of drug-likeness (QED) is 0.660. The molecule has 1 aromatic heterocycles. The summed E-state index contributed by atoms with van der Waals surface area (Å²) in [6.07, 6.45) is 2.77. The lowest BCUT2D eigenvalue weighted by molar-refractivity contribution is 0.102. The predicted octanol–water partition coefficient (Wildman–Crippen LogP) is 1.98. The monoisotopic (exact) mass is 435 g/mol. The second kappa shape index (κ2) is 7.17. The first-order valence-electron chi connectivity index (χ1n) is 9.07. The van der Waals surface area contributed by atoms with Gasteiger partial charge in [-0.1, -0.05) is 11.8 Å². The van der Waals surface area contributed by atoms with Crippen LogP contribution < -0.4 is 16.6 Å². The summed E-state index contributed by atoms with van der Waals surface area (Å²) in [5.41, 5.74) is 4.38. The van der Waals surface area contributed by atoms with Crippen LogP contribution in [0.5, 0.6) is 0 Å². The molecule has 4 N–H and O–H groups in total. The van der Waals surface area contributed by atoms with Gasteiger partial charge in [-0.15, -0.1) is 0 Å². The van der Waals surface area contributed by atoms with Gasteiger partial charge < -0.3 is 20.8 Å². The molecule has 0 unspecified atom stereocenters. The summed E-state index contributed by atoms with van der Waals surface area (Å²) >= 11 is 1.39. The van der Waals surface area contributed by atoms with E-state index in [9.17, 15) is 18.4 Å². The molecule has 1 amide bonds. The summed E-state index contributed by atoms with van der Waals surface area (Å²) in [5, 5.41) is 2.75. The molecule has 3 atom stereocenters. The van der Waals surface area contributed by atoms with Crippen LogP contribution in [0.1, 0.15) is 29.4 Å². The number of hydrogen-bond acceptors (Lipinski definition) is 7. The SMILES string of the molecule is COC[C@]12C[C@H]1[C@](C)(c1cc(NC(=O)c3c[nH]c(=O)cn3)cc(F)c1F)N=C(N)S2. The molecule has 158 valence electrons. The molecule has 2 heterocycles. The van der Waals surface area contributed by atoms with Crippen molar-refractivity contribution in [1.82, 2.24) is 9.97 Å². The third-order valence-corrected chi connectivity index (χ3v) is 6.75.